The fourth-order valence-electron chi connectivity index (χ4n) is 4.14. The third kappa shape index (κ3) is 4.69. The number of morpholine rings is 1. The van der Waals surface area contributed by atoms with E-state index in [2.05, 4.69) is 26.2 Å². The molecule has 0 radical (unpaired) electrons. The second kappa shape index (κ2) is 9.60. The highest BCUT2D eigenvalue weighted by Crippen LogP contribution is 2.39. The van der Waals surface area contributed by atoms with Crippen molar-refractivity contribution in [2.24, 2.45) is 5.92 Å². The minimum Gasteiger partial charge on any atom is -0.463 e. The smallest absolute Gasteiger partial charge is 0.229 e. The average molecular weight is 465 g/mol. The molecule has 1 N–H and O–H groups in total. The molecule has 33 heavy (non-hydrogen) atoms. The van der Waals surface area contributed by atoms with E-state index in [1.165, 1.54) is 11.3 Å². The van der Waals surface area contributed by atoms with Crippen LogP contribution in [0.4, 0.5) is 16.0 Å². The van der Waals surface area contributed by atoms with Crippen LogP contribution in [0.1, 0.15) is 18.4 Å². The molecular formula is C23H24N6O3S. The van der Waals surface area contributed by atoms with Crippen molar-refractivity contribution in [2.45, 2.75) is 12.8 Å². The highest BCUT2D eigenvalue weighted by Gasteiger charge is 2.28. The summed E-state index contributed by atoms with van der Waals surface area (Å²) in [6, 6.07) is 9.44. The molecule has 0 aliphatic carbocycles. The molecule has 170 valence electrons. The Labute approximate surface area is 195 Å². The molecule has 0 aromatic carbocycles. The van der Waals surface area contributed by atoms with Crippen LogP contribution in [0.2, 0.25) is 0 Å². The van der Waals surface area contributed by atoms with Gasteiger partial charge in [0.05, 0.1) is 25.0 Å². The number of thiazole rings is 1. The summed E-state index contributed by atoms with van der Waals surface area (Å²) < 4.78 is 11.1. The number of pyridine rings is 1. The Morgan fingerprint density at radius 3 is 2.64 bits per heavy atom. The van der Waals surface area contributed by atoms with Crippen LogP contribution in [0.5, 0.6) is 0 Å². The fraction of sp³-hybridized carbons (Fsp3) is 0.391. The first kappa shape index (κ1) is 21.4. The Hall–Kier alpha value is -3.42. The Morgan fingerprint density at radius 1 is 1.15 bits per heavy atom. The average Bonchev–Trinajstić information content (AvgIpc) is 3.55. The second-order valence-corrected chi connectivity index (χ2v) is 8.99. The number of amides is 1. The summed E-state index contributed by atoms with van der Waals surface area (Å²) in [7, 11) is 0. The van der Waals surface area contributed by atoms with Gasteiger partial charge in [-0.2, -0.15) is 5.26 Å². The van der Waals surface area contributed by atoms with Gasteiger partial charge in [-0.1, -0.05) is 11.3 Å². The molecule has 1 amide bonds. The number of rotatable bonds is 5. The van der Waals surface area contributed by atoms with Gasteiger partial charge in [0.25, 0.3) is 0 Å². The molecule has 10 heteroatoms. The van der Waals surface area contributed by atoms with Crippen LogP contribution in [-0.2, 0) is 9.53 Å². The molecule has 0 unspecified atom stereocenters. The number of nitrogens with one attached hydrogen (secondary N) is 1. The van der Waals surface area contributed by atoms with E-state index >= 15 is 0 Å². The van der Waals surface area contributed by atoms with Crippen LogP contribution >= 0.6 is 11.3 Å². The van der Waals surface area contributed by atoms with Crippen LogP contribution in [0.25, 0.3) is 11.5 Å². The maximum Gasteiger partial charge on any atom is 0.229 e. The van der Waals surface area contributed by atoms with E-state index in [4.69, 9.17) is 19.4 Å². The summed E-state index contributed by atoms with van der Waals surface area (Å²) in [6.07, 6.45) is 4.69. The van der Waals surface area contributed by atoms with Crippen molar-refractivity contribution in [3.05, 3.63) is 42.3 Å². The number of furan rings is 1. The van der Waals surface area contributed by atoms with E-state index in [9.17, 15) is 4.79 Å². The molecule has 0 spiro atoms. The van der Waals surface area contributed by atoms with Crippen LogP contribution in [0, 0.1) is 17.2 Å². The lowest BCUT2D eigenvalue weighted by molar-refractivity contribution is -0.120. The Bertz CT molecular complexity index is 1120. The van der Waals surface area contributed by atoms with Crippen molar-refractivity contribution in [1.82, 2.24) is 9.97 Å². The SMILES string of the molecule is N#Cc1ccc(N2CCC(C(=O)Nc3nc(-c4ccco4)c(N4CCOCC4)s3)CC2)nc1. The number of aromatic nitrogens is 2. The first-order valence-corrected chi connectivity index (χ1v) is 11.8. The maximum absolute atomic E-state index is 13.0. The van der Waals surface area contributed by atoms with E-state index in [-0.39, 0.29) is 11.8 Å². The summed E-state index contributed by atoms with van der Waals surface area (Å²) in [4.78, 5) is 26.5. The Kier molecular flexibility index (Phi) is 6.24. The molecule has 2 saturated heterocycles. The molecule has 0 bridgehead atoms. The molecule has 0 saturated carbocycles. The Balaban J connectivity index is 1.25. The number of carbonyl (C=O) groups is 1. The molecule has 0 atom stereocenters. The molecule has 3 aromatic heterocycles. The molecule has 5 rings (SSSR count). The number of hydrogen-bond donors (Lipinski definition) is 1. The number of nitriles is 1. The lowest BCUT2D eigenvalue weighted by atomic mass is 9.96. The van der Waals surface area contributed by atoms with Gasteiger partial charge in [-0.3, -0.25) is 4.79 Å². The van der Waals surface area contributed by atoms with Gasteiger partial charge in [-0.15, -0.1) is 0 Å². The second-order valence-electron chi connectivity index (χ2n) is 8.02. The zero-order chi connectivity index (χ0) is 22.6. The van der Waals surface area contributed by atoms with Gasteiger partial charge in [0, 0.05) is 38.3 Å². The highest BCUT2D eigenvalue weighted by atomic mass is 32.1. The fourth-order valence-corrected chi connectivity index (χ4v) is 5.16. The third-order valence-corrected chi connectivity index (χ3v) is 6.99. The molecular weight excluding hydrogens is 440 g/mol. The zero-order valence-electron chi connectivity index (χ0n) is 18.1. The van der Waals surface area contributed by atoms with Crippen molar-refractivity contribution >= 4 is 33.2 Å². The van der Waals surface area contributed by atoms with E-state index in [0.717, 1.165) is 55.5 Å². The predicted octanol–water partition coefficient (Wildman–Crippen LogP) is 3.36. The molecule has 3 aromatic rings. The van der Waals surface area contributed by atoms with E-state index in [1.54, 1.807) is 18.5 Å². The van der Waals surface area contributed by atoms with E-state index < -0.39 is 0 Å². The van der Waals surface area contributed by atoms with Gasteiger partial charge < -0.3 is 24.3 Å². The number of nitrogens with zero attached hydrogens (tertiary/aromatic N) is 5. The summed E-state index contributed by atoms with van der Waals surface area (Å²) in [6.45, 7) is 4.39. The van der Waals surface area contributed by atoms with Crippen LogP contribution < -0.4 is 15.1 Å². The first-order valence-electron chi connectivity index (χ1n) is 11.0. The van der Waals surface area contributed by atoms with Crippen LogP contribution in [-0.4, -0.2) is 55.3 Å². The van der Waals surface area contributed by atoms with Gasteiger partial charge in [0.2, 0.25) is 5.91 Å². The number of piperidine rings is 1. The molecule has 5 heterocycles. The van der Waals surface area contributed by atoms with Crippen LogP contribution in [0.15, 0.2) is 41.1 Å². The summed E-state index contributed by atoms with van der Waals surface area (Å²) in [5, 5.41) is 13.6. The van der Waals surface area contributed by atoms with Crippen molar-refractivity contribution < 1.29 is 13.9 Å². The molecule has 2 fully saturated rings. The number of ether oxygens (including phenoxy) is 1. The summed E-state index contributed by atoms with van der Waals surface area (Å²) in [5.41, 5.74) is 1.30. The van der Waals surface area contributed by atoms with E-state index in [0.29, 0.717) is 29.7 Å². The van der Waals surface area contributed by atoms with Crippen molar-refractivity contribution in [2.75, 3.05) is 54.5 Å². The highest BCUT2D eigenvalue weighted by molar-refractivity contribution is 7.20. The minimum atomic E-state index is -0.0811. The predicted molar refractivity (Wildman–Crippen MR) is 125 cm³/mol. The van der Waals surface area contributed by atoms with Crippen molar-refractivity contribution in [3.63, 3.8) is 0 Å². The summed E-state index contributed by atoms with van der Waals surface area (Å²) in [5.74, 6) is 1.45. The summed E-state index contributed by atoms with van der Waals surface area (Å²) >= 11 is 1.48. The van der Waals surface area contributed by atoms with Gasteiger partial charge >= 0.3 is 0 Å². The Morgan fingerprint density at radius 2 is 1.97 bits per heavy atom. The van der Waals surface area contributed by atoms with Gasteiger partial charge in [-0.05, 0) is 37.1 Å². The lowest BCUT2D eigenvalue weighted by Crippen LogP contribution is -2.38. The van der Waals surface area contributed by atoms with Gasteiger partial charge in [0.1, 0.15) is 22.6 Å². The van der Waals surface area contributed by atoms with Gasteiger partial charge in [-0.25, -0.2) is 9.97 Å². The van der Waals surface area contributed by atoms with Crippen LogP contribution in [0.3, 0.4) is 0 Å². The molecule has 2 aliphatic heterocycles. The molecule has 2 aliphatic rings. The largest absolute Gasteiger partial charge is 0.463 e. The standard InChI is InChI=1S/C23H24N6O3S/c24-14-16-3-4-19(25-15-16)28-7-5-17(6-8-28)21(30)27-23-26-20(18-2-1-11-32-18)22(33-23)29-9-12-31-13-10-29/h1-4,11,15,17H,5-10,12-13H2,(H,26,27,30). The number of carbonyl (C=O) groups excluding carboxylic acids is 1. The number of hydrogen-bond acceptors (Lipinski definition) is 9. The van der Waals surface area contributed by atoms with Crippen molar-refractivity contribution in [1.29, 1.82) is 5.26 Å². The normalized spacial score (nSPS) is 17.1. The third-order valence-electron chi connectivity index (χ3n) is 5.96. The molecule has 9 nitrogen and oxygen atoms in total. The lowest BCUT2D eigenvalue weighted by Gasteiger charge is -2.32. The first-order chi connectivity index (χ1) is 16.2. The van der Waals surface area contributed by atoms with E-state index in [1.807, 2.05) is 18.2 Å². The quantitative estimate of drug-likeness (QED) is 0.612. The van der Waals surface area contributed by atoms with Crippen molar-refractivity contribution in [3.8, 4) is 17.5 Å². The van der Waals surface area contributed by atoms with Gasteiger partial charge in [0.15, 0.2) is 10.9 Å². The maximum atomic E-state index is 13.0. The minimum absolute atomic E-state index is 0.00397. The number of anilines is 3. The zero-order valence-corrected chi connectivity index (χ0v) is 18.9. The topological polar surface area (TPSA) is 108 Å². The monoisotopic (exact) mass is 464 g/mol.